The average molecular weight is 395 g/mol. The van der Waals surface area contributed by atoms with E-state index >= 15 is 0 Å². The van der Waals surface area contributed by atoms with Crippen LogP contribution in [0.25, 0.3) is 6.08 Å². The Morgan fingerprint density at radius 1 is 1.34 bits per heavy atom. The van der Waals surface area contributed by atoms with Crippen molar-refractivity contribution in [3.8, 4) is 11.5 Å². The Hall–Kier alpha value is -3.19. The number of aromatic hydroxyl groups is 1. The molecule has 2 aliphatic heterocycles. The molecular formula is C22H23N2O5+. The lowest BCUT2D eigenvalue weighted by Gasteiger charge is -2.28. The molecule has 7 nitrogen and oxygen atoms in total. The molecule has 0 radical (unpaired) electrons. The summed E-state index contributed by atoms with van der Waals surface area (Å²) < 4.78 is 5.87. The van der Waals surface area contributed by atoms with Crippen molar-refractivity contribution in [1.82, 2.24) is 0 Å². The molecule has 4 rings (SSSR count). The number of phenolic OH excluding ortho intramolecular Hbond substituents is 1. The molecule has 0 spiro atoms. The number of Topliss-reactive ketones (excluding diaryl/α,β-unsaturated/α-hetero) is 1. The van der Waals surface area contributed by atoms with Crippen LogP contribution in [0.4, 0.5) is 5.69 Å². The van der Waals surface area contributed by atoms with Crippen molar-refractivity contribution >= 4 is 17.5 Å². The van der Waals surface area contributed by atoms with Crippen molar-refractivity contribution in [1.29, 1.82) is 0 Å². The highest BCUT2D eigenvalue weighted by Crippen LogP contribution is 2.39. The average Bonchev–Trinajstić information content (AvgIpc) is 3.00. The van der Waals surface area contributed by atoms with Gasteiger partial charge in [0.25, 0.3) is 5.69 Å². The van der Waals surface area contributed by atoms with Gasteiger partial charge in [0, 0.05) is 18.1 Å². The number of quaternary nitrogens is 1. The molecule has 1 unspecified atom stereocenters. The zero-order chi connectivity index (χ0) is 20.5. The van der Waals surface area contributed by atoms with E-state index in [2.05, 4.69) is 6.92 Å². The van der Waals surface area contributed by atoms with Crippen molar-refractivity contribution in [3.05, 3.63) is 69.0 Å². The highest BCUT2D eigenvalue weighted by atomic mass is 16.6. The smallest absolute Gasteiger partial charge is 0.270 e. The molecule has 2 atom stereocenters. The van der Waals surface area contributed by atoms with Gasteiger partial charge in [-0.2, -0.15) is 0 Å². The Labute approximate surface area is 168 Å². The van der Waals surface area contributed by atoms with Crippen LogP contribution in [0.5, 0.6) is 11.5 Å². The summed E-state index contributed by atoms with van der Waals surface area (Å²) >= 11 is 0. The first-order valence-electron chi connectivity index (χ1n) is 9.79. The number of nitrogens with zero attached hydrogens (tertiary/aromatic N) is 1. The van der Waals surface area contributed by atoms with Gasteiger partial charge in [-0.3, -0.25) is 14.9 Å². The van der Waals surface area contributed by atoms with E-state index in [0.717, 1.165) is 19.5 Å². The van der Waals surface area contributed by atoms with E-state index in [1.165, 1.54) is 29.5 Å². The van der Waals surface area contributed by atoms with Gasteiger partial charge in [-0.1, -0.05) is 19.1 Å². The molecule has 0 aromatic heterocycles. The van der Waals surface area contributed by atoms with E-state index < -0.39 is 4.92 Å². The molecule has 2 aliphatic rings. The van der Waals surface area contributed by atoms with E-state index in [4.69, 9.17) is 4.74 Å². The minimum atomic E-state index is -0.480. The summed E-state index contributed by atoms with van der Waals surface area (Å²) in [5, 5.41) is 21.4. The van der Waals surface area contributed by atoms with Crippen LogP contribution in [-0.2, 0) is 6.54 Å². The lowest BCUT2D eigenvalue weighted by molar-refractivity contribution is -0.922. The van der Waals surface area contributed by atoms with Crippen molar-refractivity contribution < 1.29 is 24.5 Å². The Kier molecular flexibility index (Phi) is 5.07. The number of hydrogen-bond donors (Lipinski definition) is 2. The van der Waals surface area contributed by atoms with E-state index in [9.17, 15) is 20.0 Å². The van der Waals surface area contributed by atoms with Crippen molar-refractivity contribution in [2.24, 2.45) is 5.92 Å². The summed E-state index contributed by atoms with van der Waals surface area (Å²) in [6.07, 6.45) is 3.86. The van der Waals surface area contributed by atoms with Gasteiger partial charge in [-0.05, 0) is 36.6 Å². The first kappa shape index (κ1) is 19.1. The molecule has 2 aromatic carbocycles. The fourth-order valence-electron chi connectivity index (χ4n) is 4.16. The fraction of sp³-hybridized carbons (Fsp3) is 0.318. The number of benzene rings is 2. The third kappa shape index (κ3) is 3.86. The Morgan fingerprint density at radius 3 is 2.93 bits per heavy atom. The fourth-order valence-corrected chi connectivity index (χ4v) is 4.16. The second-order valence-corrected chi connectivity index (χ2v) is 7.86. The molecule has 1 saturated heterocycles. The molecule has 1 fully saturated rings. The lowest BCUT2D eigenvalue weighted by atomic mass is 9.99. The Balaban J connectivity index is 1.64. The molecule has 0 aliphatic carbocycles. The minimum absolute atomic E-state index is 0.0524. The predicted molar refractivity (Wildman–Crippen MR) is 107 cm³/mol. The Morgan fingerprint density at radius 2 is 2.17 bits per heavy atom. The highest BCUT2D eigenvalue weighted by Gasteiger charge is 2.33. The largest absolute Gasteiger partial charge is 0.507 e. The molecule has 0 amide bonds. The number of allylic oxidation sites excluding steroid dienone is 1. The molecule has 0 bridgehead atoms. The summed E-state index contributed by atoms with van der Waals surface area (Å²) in [4.78, 5) is 24.7. The minimum Gasteiger partial charge on any atom is -0.507 e. The number of ketones is 1. The maximum Gasteiger partial charge on any atom is 0.270 e. The van der Waals surface area contributed by atoms with E-state index in [1.807, 2.05) is 0 Å². The van der Waals surface area contributed by atoms with Gasteiger partial charge in [-0.25, -0.2) is 0 Å². The zero-order valence-electron chi connectivity index (χ0n) is 16.2. The summed E-state index contributed by atoms with van der Waals surface area (Å²) in [6.45, 7) is 4.87. The number of nitro benzene ring substituents is 1. The van der Waals surface area contributed by atoms with Crippen LogP contribution in [0, 0.1) is 16.0 Å². The lowest BCUT2D eigenvalue weighted by Crippen LogP contribution is -3.12. The number of phenols is 1. The normalized spacial score (nSPS) is 22.4. The van der Waals surface area contributed by atoms with Crippen LogP contribution in [-0.4, -0.2) is 28.9 Å². The number of ether oxygens (including phenoxy) is 1. The maximum absolute atomic E-state index is 12.8. The first-order valence-corrected chi connectivity index (χ1v) is 9.79. The zero-order valence-corrected chi connectivity index (χ0v) is 16.2. The van der Waals surface area contributed by atoms with Crippen LogP contribution in [0.2, 0.25) is 0 Å². The molecule has 7 heteroatoms. The molecule has 2 aromatic rings. The van der Waals surface area contributed by atoms with Crippen LogP contribution in [0.1, 0.15) is 41.3 Å². The second-order valence-electron chi connectivity index (χ2n) is 7.86. The van der Waals surface area contributed by atoms with Crippen molar-refractivity contribution in [2.45, 2.75) is 26.3 Å². The molecule has 2 N–H and O–H groups in total. The van der Waals surface area contributed by atoms with Crippen LogP contribution < -0.4 is 9.64 Å². The topological polar surface area (TPSA) is 94.1 Å². The number of carbonyl (C=O) groups excluding carboxylic acids is 1. The summed E-state index contributed by atoms with van der Waals surface area (Å²) in [5.41, 5.74) is 1.52. The number of likely N-dealkylation sites (tertiary alicyclic amines) is 1. The molecular weight excluding hydrogens is 372 g/mol. The molecule has 150 valence electrons. The van der Waals surface area contributed by atoms with Gasteiger partial charge in [0.1, 0.15) is 12.3 Å². The summed E-state index contributed by atoms with van der Waals surface area (Å²) in [6, 6.07) is 9.14. The standard InChI is InChI=1S/C22H22N2O5/c1-14-4-3-9-23(12-14)13-18-19(25)8-7-17-21(26)20(29-22(17)18)11-15-5-2-6-16(10-15)24(27)28/h2,5-8,10-11,14,25H,3-4,9,12-13H2,1H3/p+1/b20-11+/t14-/m1/s1. The molecule has 29 heavy (non-hydrogen) atoms. The SMILES string of the molecule is C[C@@H]1CCC[NH+](Cc2c(O)ccc3c2O/C(=C/c2cccc([N+](=O)[O-])c2)C3=O)C1. The number of fused-ring (bicyclic) bond motifs is 1. The van der Waals surface area contributed by atoms with Crippen LogP contribution in [0.3, 0.4) is 0 Å². The van der Waals surface area contributed by atoms with Gasteiger partial charge >= 0.3 is 0 Å². The molecule has 2 heterocycles. The van der Waals surface area contributed by atoms with Gasteiger partial charge in [0.05, 0.1) is 29.1 Å². The highest BCUT2D eigenvalue weighted by molar-refractivity contribution is 6.15. The Bertz CT molecular complexity index is 1010. The van der Waals surface area contributed by atoms with E-state index in [1.54, 1.807) is 24.3 Å². The van der Waals surface area contributed by atoms with Gasteiger partial charge in [0.15, 0.2) is 11.5 Å². The second kappa shape index (κ2) is 7.67. The number of carbonyl (C=O) groups is 1. The number of hydrogen-bond acceptors (Lipinski definition) is 5. The van der Waals surface area contributed by atoms with Crippen molar-refractivity contribution in [3.63, 3.8) is 0 Å². The number of rotatable bonds is 4. The number of nitrogens with one attached hydrogen (secondary N) is 1. The quantitative estimate of drug-likeness (QED) is 0.472. The first-order chi connectivity index (χ1) is 13.9. The van der Waals surface area contributed by atoms with E-state index in [-0.39, 0.29) is 23.0 Å². The van der Waals surface area contributed by atoms with Crippen LogP contribution in [0.15, 0.2) is 42.2 Å². The predicted octanol–water partition coefficient (Wildman–Crippen LogP) is 2.73. The van der Waals surface area contributed by atoms with Crippen molar-refractivity contribution in [2.75, 3.05) is 13.1 Å². The number of nitro groups is 1. The number of non-ortho nitro benzene ring substituents is 1. The van der Waals surface area contributed by atoms with Gasteiger partial charge in [-0.15, -0.1) is 0 Å². The maximum atomic E-state index is 12.8. The summed E-state index contributed by atoms with van der Waals surface area (Å²) in [5.74, 6) is 0.977. The van der Waals surface area contributed by atoms with E-state index in [0.29, 0.717) is 34.9 Å². The third-order valence-corrected chi connectivity index (χ3v) is 5.59. The summed E-state index contributed by atoms with van der Waals surface area (Å²) in [7, 11) is 0. The van der Waals surface area contributed by atoms with Gasteiger partial charge < -0.3 is 14.7 Å². The third-order valence-electron chi connectivity index (χ3n) is 5.59. The number of piperidine rings is 1. The monoisotopic (exact) mass is 395 g/mol. The molecule has 0 saturated carbocycles. The van der Waals surface area contributed by atoms with Gasteiger partial charge in [0.2, 0.25) is 5.78 Å². The van der Waals surface area contributed by atoms with Crippen LogP contribution >= 0.6 is 0 Å².